The smallest absolute Gasteiger partial charge is 0.255 e. The lowest BCUT2D eigenvalue weighted by molar-refractivity contribution is -0.0298. The number of fused-ring (bicyclic) bond motifs is 1. The van der Waals surface area contributed by atoms with E-state index in [2.05, 4.69) is 31.7 Å². The number of imidazole rings is 1. The molecule has 1 aliphatic rings. The molecule has 0 bridgehead atoms. The van der Waals surface area contributed by atoms with Crippen molar-refractivity contribution in [3.63, 3.8) is 0 Å². The van der Waals surface area contributed by atoms with Crippen LogP contribution in [0.2, 0.25) is 0 Å². The van der Waals surface area contributed by atoms with Crippen LogP contribution in [0.3, 0.4) is 0 Å². The minimum atomic E-state index is -0.704. The third-order valence-electron chi connectivity index (χ3n) is 8.18. The monoisotopic (exact) mass is 586 g/mol. The maximum absolute atomic E-state index is 13.3. The summed E-state index contributed by atoms with van der Waals surface area (Å²) in [6, 6.07) is 17.2. The van der Waals surface area contributed by atoms with E-state index < -0.39 is 5.41 Å². The van der Waals surface area contributed by atoms with E-state index in [1.54, 1.807) is 37.1 Å². The molecule has 0 saturated carbocycles. The van der Waals surface area contributed by atoms with Crippen LogP contribution in [0.4, 0.5) is 17.2 Å². The first-order valence-corrected chi connectivity index (χ1v) is 14.7. The number of nitrogens with zero attached hydrogens (tertiary/aromatic N) is 6. The highest BCUT2D eigenvalue weighted by atomic mass is 16.5. The zero-order valence-corrected chi connectivity index (χ0v) is 25.3. The lowest BCUT2D eigenvalue weighted by atomic mass is 9.85. The highest BCUT2D eigenvalue weighted by Gasteiger charge is 2.23. The maximum Gasteiger partial charge on any atom is 0.255 e. The van der Waals surface area contributed by atoms with Gasteiger partial charge in [-0.2, -0.15) is 5.26 Å². The van der Waals surface area contributed by atoms with Gasteiger partial charge in [-0.25, -0.2) is 19.9 Å². The summed E-state index contributed by atoms with van der Waals surface area (Å²) in [5, 5.41) is 16.1. The molecule has 2 aromatic carbocycles. The van der Waals surface area contributed by atoms with Crippen molar-refractivity contribution in [3.8, 4) is 17.3 Å². The molecule has 6 rings (SSSR count). The summed E-state index contributed by atoms with van der Waals surface area (Å²) in [4.78, 5) is 31.8. The van der Waals surface area contributed by atoms with Crippen LogP contribution in [-0.2, 0) is 10.2 Å². The van der Waals surface area contributed by atoms with Crippen molar-refractivity contribution < 1.29 is 9.53 Å². The Labute approximate surface area is 256 Å². The fourth-order valence-electron chi connectivity index (χ4n) is 5.50. The van der Waals surface area contributed by atoms with Gasteiger partial charge in [0.1, 0.15) is 29.6 Å². The first-order chi connectivity index (χ1) is 21.3. The van der Waals surface area contributed by atoms with Gasteiger partial charge < -0.3 is 15.4 Å². The number of carbonyl (C=O) groups is 1. The van der Waals surface area contributed by atoms with Crippen LogP contribution in [0.5, 0.6) is 0 Å². The van der Waals surface area contributed by atoms with E-state index in [4.69, 9.17) is 9.72 Å². The molecule has 0 spiro atoms. The van der Waals surface area contributed by atoms with Crippen molar-refractivity contribution in [2.75, 3.05) is 17.2 Å². The van der Waals surface area contributed by atoms with Crippen molar-refractivity contribution >= 4 is 34.3 Å². The van der Waals surface area contributed by atoms with E-state index in [1.165, 1.54) is 0 Å². The normalized spacial score (nSPS) is 15.1. The quantitative estimate of drug-likeness (QED) is 0.208. The second-order valence-corrected chi connectivity index (χ2v) is 11.6. The number of pyridine rings is 1. The Bertz CT molecular complexity index is 1900. The minimum absolute atomic E-state index is 0.0912. The molecule has 3 aromatic heterocycles. The van der Waals surface area contributed by atoms with Crippen molar-refractivity contribution in [2.24, 2.45) is 0 Å². The summed E-state index contributed by atoms with van der Waals surface area (Å²) in [7, 11) is 0. The van der Waals surface area contributed by atoms with Gasteiger partial charge in [0.2, 0.25) is 0 Å². The van der Waals surface area contributed by atoms with Crippen molar-refractivity contribution in [2.45, 2.75) is 58.6 Å². The summed E-state index contributed by atoms with van der Waals surface area (Å²) in [6.07, 6.45) is 8.04. The molecule has 4 heterocycles. The molecule has 10 heteroatoms. The standard InChI is InChI=1S/C34H34N8O2/c1-21-13-14-26(40-33(43)23-9-7-10-24(17-23)34(3,4)18-35)22(2)28(21)41-31-25(11-8-15-36-31)29-30-32(38-19-37-29)42(20-39-30)27-12-5-6-16-44-27/h7-11,13-15,17,19-20,27H,5-6,12,16H2,1-4H3,(H,36,41)(H,40,43). The molecule has 222 valence electrons. The van der Waals surface area contributed by atoms with Crippen LogP contribution >= 0.6 is 0 Å². The summed E-state index contributed by atoms with van der Waals surface area (Å²) in [5.74, 6) is 0.356. The van der Waals surface area contributed by atoms with Gasteiger partial charge in [-0.1, -0.05) is 18.2 Å². The number of aromatic nitrogens is 5. The minimum Gasteiger partial charge on any atom is -0.358 e. The largest absolute Gasteiger partial charge is 0.358 e. The second kappa shape index (κ2) is 11.9. The summed E-state index contributed by atoms with van der Waals surface area (Å²) >= 11 is 0. The molecule has 1 aliphatic heterocycles. The second-order valence-electron chi connectivity index (χ2n) is 11.6. The molecule has 2 N–H and O–H groups in total. The Hall–Kier alpha value is -5.14. The molecule has 1 amide bonds. The van der Waals surface area contributed by atoms with Gasteiger partial charge in [-0.05, 0) is 94.0 Å². The Morgan fingerprint density at radius 2 is 1.93 bits per heavy atom. The lowest BCUT2D eigenvalue weighted by Crippen LogP contribution is -2.17. The number of ether oxygens (including phenoxy) is 1. The molecular formula is C34H34N8O2. The number of nitrogens with one attached hydrogen (secondary N) is 2. The van der Waals surface area contributed by atoms with Gasteiger partial charge in [0, 0.05) is 35.3 Å². The summed E-state index contributed by atoms with van der Waals surface area (Å²) in [6.45, 7) is 8.36. The average Bonchev–Trinajstić information content (AvgIpc) is 3.49. The van der Waals surface area contributed by atoms with E-state index in [-0.39, 0.29) is 12.1 Å². The first-order valence-electron chi connectivity index (χ1n) is 14.7. The molecule has 44 heavy (non-hydrogen) atoms. The van der Waals surface area contributed by atoms with E-state index in [0.29, 0.717) is 28.3 Å². The molecule has 10 nitrogen and oxygen atoms in total. The fraction of sp³-hybridized carbons (Fsp3) is 0.294. The topological polar surface area (TPSA) is 131 Å². The van der Waals surface area contributed by atoms with E-state index in [0.717, 1.165) is 59.5 Å². The van der Waals surface area contributed by atoms with Crippen molar-refractivity contribution in [1.82, 2.24) is 24.5 Å². The first kappa shape index (κ1) is 29.0. The molecule has 1 unspecified atom stereocenters. The van der Waals surface area contributed by atoms with Gasteiger partial charge in [0.25, 0.3) is 5.91 Å². The van der Waals surface area contributed by atoms with Crippen LogP contribution < -0.4 is 10.6 Å². The number of hydrogen-bond donors (Lipinski definition) is 2. The fourth-order valence-corrected chi connectivity index (χ4v) is 5.50. The summed E-state index contributed by atoms with van der Waals surface area (Å²) in [5.41, 5.74) is 6.74. The maximum atomic E-state index is 13.3. The molecular weight excluding hydrogens is 552 g/mol. The number of anilines is 3. The van der Waals surface area contributed by atoms with E-state index in [9.17, 15) is 10.1 Å². The Morgan fingerprint density at radius 3 is 2.73 bits per heavy atom. The number of nitriles is 1. The third kappa shape index (κ3) is 5.50. The van der Waals surface area contributed by atoms with Crippen LogP contribution in [0, 0.1) is 25.2 Å². The van der Waals surface area contributed by atoms with Crippen LogP contribution in [-0.4, -0.2) is 37.0 Å². The van der Waals surface area contributed by atoms with Crippen molar-refractivity contribution in [3.05, 3.63) is 89.6 Å². The van der Waals surface area contributed by atoms with Gasteiger partial charge in [0.15, 0.2) is 5.65 Å². The number of carbonyl (C=O) groups excluding carboxylic acids is 1. The lowest BCUT2D eigenvalue weighted by Gasteiger charge is -2.23. The van der Waals surface area contributed by atoms with Gasteiger partial charge in [-0.3, -0.25) is 9.36 Å². The Kier molecular flexibility index (Phi) is 7.80. The highest BCUT2D eigenvalue weighted by Crippen LogP contribution is 2.36. The molecule has 0 radical (unpaired) electrons. The third-order valence-corrected chi connectivity index (χ3v) is 8.18. The van der Waals surface area contributed by atoms with E-state index >= 15 is 0 Å². The molecule has 0 aliphatic carbocycles. The van der Waals surface area contributed by atoms with Gasteiger partial charge >= 0.3 is 0 Å². The summed E-state index contributed by atoms with van der Waals surface area (Å²) < 4.78 is 7.98. The van der Waals surface area contributed by atoms with E-state index in [1.807, 2.05) is 62.6 Å². The van der Waals surface area contributed by atoms with Crippen LogP contribution in [0.15, 0.2) is 67.4 Å². The zero-order valence-electron chi connectivity index (χ0n) is 25.3. The number of aryl methyl sites for hydroxylation is 1. The van der Waals surface area contributed by atoms with Crippen LogP contribution in [0.1, 0.15) is 66.4 Å². The average molecular weight is 587 g/mol. The molecule has 1 atom stereocenters. The van der Waals surface area contributed by atoms with Crippen molar-refractivity contribution in [1.29, 1.82) is 5.26 Å². The van der Waals surface area contributed by atoms with Gasteiger partial charge in [0.05, 0.1) is 17.8 Å². The molecule has 5 aromatic rings. The highest BCUT2D eigenvalue weighted by molar-refractivity contribution is 6.05. The number of benzene rings is 2. The molecule has 1 saturated heterocycles. The van der Waals surface area contributed by atoms with Crippen LogP contribution in [0.25, 0.3) is 22.4 Å². The number of rotatable bonds is 7. The Balaban J connectivity index is 1.31. The number of amides is 1. The predicted octanol–water partition coefficient (Wildman–Crippen LogP) is 7.00. The molecule has 1 fully saturated rings. The Morgan fingerprint density at radius 1 is 1.07 bits per heavy atom. The zero-order chi connectivity index (χ0) is 30.8. The number of hydrogen-bond acceptors (Lipinski definition) is 8. The SMILES string of the molecule is Cc1ccc(NC(=O)c2cccc(C(C)(C)C#N)c2)c(C)c1Nc1ncccc1-c1ncnc2c1ncn2C1CCCCO1. The van der Waals surface area contributed by atoms with Gasteiger partial charge in [-0.15, -0.1) is 0 Å². The predicted molar refractivity (Wildman–Crippen MR) is 170 cm³/mol.